The average molecular weight is 182 g/mol. The Morgan fingerprint density at radius 1 is 1.62 bits per heavy atom. The van der Waals surface area contributed by atoms with E-state index >= 15 is 0 Å². The van der Waals surface area contributed by atoms with Gasteiger partial charge in [-0.15, -0.1) is 0 Å². The summed E-state index contributed by atoms with van der Waals surface area (Å²) in [7, 11) is 0. The van der Waals surface area contributed by atoms with Gasteiger partial charge in [0.1, 0.15) is 5.78 Å². The molecule has 0 bridgehead atoms. The summed E-state index contributed by atoms with van der Waals surface area (Å²) in [5.74, 6) is 0.328. The number of hydrogen-bond acceptors (Lipinski definition) is 2. The first-order valence-electron chi connectivity index (χ1n) is 4.72. The number of aliphatic hydroxyl groups is 1. The molecule has 1 N–H and O–H groups in total. The topological polar surface area (TPSA) is 37.3 Å². The van der Waals surface area contributed by atoms with Crippen LogP contribution < -0.4 is 0 Å². The van der Waals surface area contributed by atoms with Crippen LogP contribution in [0, 0.1) is 11.3 Å². The first-order chi connectivity index (χ1) is 5.85. The van der Waals surface area contributed by atoms with Crippen molar-refractivity contribution in [2.75, 3.05) is 0 Å². The predicted molar refractivity (Wildman–Crippen MR) is 52.3 cm³/mol. The Balaban J connectivity index is 2.79. The van der Waals surface area contributed by atoms with Crippen molar-refractivity contribution in [1.29, 1.82) is 0 Å². The zero-order chi connectivity index (χ0) is 10.2. The van der Waals surface area contributed by atoms with E-state index in [9.17, 15) is 9.90 Å². The van der Waals surface area contributed by atoms with Gasteiger partial charge in [0.05, 0.1) is 6.10 Å². The van der Waals surface area contributed by atoms with Gasteiger partial charge in [-0.2, -0.15) is 0 Å². The van der Waals surface area contributed by atoms with E-state index < -0.39 is 11.5 Å². The first-order valence-corrected chi connectivity index (χ1v) is 4.72. The van der Waals surface area contributed by atoms with Crippen molar-refractivity contribution in [2.24, 2.45) is 11.3 Å². The molecule has 0 radical (unpaired) electrons. The Kier molecular flexibility index (Phi) is 2.62. The summed E-state index contributed by atoms with van der Waals surface area (Å²) in [6.45, 7) is 9.38. The fourth-order valence-electron chi connectivity index (χ4n) is 1.70. The Morgan fingerprint density at radius 3 is 2.54 bits per heavy atom. The van der Waals surface area contributed by atoms with Crippen LogP contribution in [0.15, 0.2) is 12.2 Å². The van der Waals surface area contributed by atoms with E-state index in [-0.39, 0.29) is 11.7 Å². The third-order valence-electron chi connectivity index (χ3n) is 3.19. The van der Waals surface area contributed by atoms with Gasteiger partial charge >= 0.3 is 0 Å². The monoisotopic (exact) mass is 182 g/mol. The summed E-state index contributed by atoms with van der Waals surface area (Å²) in [5, 5.41) is 9.76. The number of hydrogen-bond donors (Lipinski definition) is 1. The molecule has 0 spiro atoms. The quantitative estimate of drug-likeness (QED) is 0.629. The molecule has 0 heterocycles. The van der Waals surface area contributed by atoms with E-state index in [1.54, 1.807) is 0 Å². The number of allylic oxidation sites excluding steroid dienone is 1. The van der Waals surface area contributed by atoms with Gasteiger partial charge < -0.3 is 5.11 Å². The highest BCUT2D eigenvalue weighted by atomic mass is 16.3. The van der Waals surface area contributed by atoms with Crippen molar-refractivity contribution in [3.05, 3.63) is 12.2 Å². The molecule has 0 saturated heterocycles. The Morgan fingerprint density at radius 2 is 2.15 bits per heavy atom. The molecule has 74 valence electrons. The lowest BCUT2D eigenvalue weighted by Gasteiger charge is -2.37. The largest absolute Gasteiger partial charge is 0.392 e. The van der Waals surface area contributed by atoms with Crippen LogP contribution in [0.25, 0.3) is 0 Å². The highest BCUT2D eigenvalue weighted by Crippen LogP contribution is 2.37. The maximum Gasteiger partial charge on any atom is 0.141 e. The zero-order valence-electron chi connectivity index (χ0n) is 8.63. The van der Waals surface area contributed by atoms with Crippen LogP contribution in [0.4, 0.5) is 0 Å². The third-order valence-corrected chi connectivity index (χ3v) is 3.19. The smallest absolute Gasteiger partial charge is 0.141 e. The lowest BCUT2D eigenvalue weighted by Crippen LogP contribution is -2.44. The van der Waals surface area contributed by atoms with Crippen LogP contribution in [-0.2, 0) is 4.79 Å². The molecule has 0 aromatic heterocycles. The van der Waals surface area contributed by atoms with Gasteiger partial charge in [-0.1, -0.05) is 26.0 Å². The van der Waals surface area contributed by atoms with E-state index in [4.69, 9.17) is 0 Å². The molecule has 1 saturated carbocycles. The molecule has 13 heavy (non-hydrogen) atoms. The third kappa shape index (κ3) is 1.83. The molecule has 0 unspecified atom stereocenters. The molecular formula is C11H18O2. The summed E-state index contributed by atoms with van der Waals surface area (Å²) in [4.78, 5) is 11.6. The molecule has 0 aromatic carbocycles. The molecule has 2 atom stereocenters. The molecular weight excluding hydrogens is 164 g/mol. The van der Waals surface area contributed by atoms with E-state index in [0.717, 1.165) is 5.57 Å². The summed E-state index contributed by atoms with van der Waals surface area (Å²) in [6, 6.07) is 0. The molecule has 0 aromatic rings. The number of aliphatic hydroxyl groups excluding tert-OH is 1. The number of carbonyl (C=O) groups is 1. The summed E-state index contributed by atoms with van der Waals surface area (Å²) in [6.07, 6.45) is 0.698. The molecule has 1 fully saturated rings. The second kappa shape index (κ2) is 3.26. The predicted octanol–water partition coefficient (Wildman–Crippen LogP) is 1.93. The second-order valence-corrected chi connectivity index (χ2v) is 4.64. The van der Waals surface area contributed by atoms with Gasteiger partial charge in [-0.25, -0.2) is 0 Å². The Hall–Kier alpha value is -0.630. The van der Waals surface area contributed by atoms with Gasteiger partial charge in [0, 0.05) is 11.8 Å². The van der Waals surface area contributed by atoms with E-state index in [0.29, 0.717) is 12.8 Å². The summed E-state index contributed by atoms with van der Waals surface area (Å²) >= 11 is 0. The highest BCUT2D eigenvalue weighted by Gasteiger charge is 2.42. The van der Waals surface area contributed by atoms with Crippen LogP contribution >= 0.6 is 0 Å². The van der Waals surface area contributed by atoms with Crippen LogP contribution in [0.3, 0.4) is 0 Å². The maximum atomic E-state index is 11.6. The highest BCUT2D eigenvalue weighted by molar-refractivity contribution is 5.86. The van der Waals surface area contributed by atoms with Gasteiger partial charge in [0.25, 0.3) is 0 Å². The van der Waals surface area contributed by atoms with E-state index in [1.165, 1.54) is 0 Å². The van der Waals surface area contributed by atoms with Crippen molar-refractivity contribution in [2.45, 2.75) is 39.7 Å². The number of Topliss-reactive ketones (excluding diaryl/α,β-unsaturated/α-hetero) is 1. The molecule has 0 amide bonds. The van der Waals surface area contributed by atoms with Crippen molar-refractivity contribution < 1.29 is 9.90 Å². The second-order valence-electron chi connectivity index (χ2n) is 4.64. The fraction of sp³-hybridized carbons (Fsp3) is 0.727. The molecule has 1 aliphatic carbocycles. The average Bonchev–Trinajstić information content (AvgIpc) is 2.00. The van der Waals surface area contributed by atoms with Gasteiger partial charge in [-0.3, -0.25) is 4.79 Å². The van der Waals surface area contributed by atoms with Crippen molar-refractivity contribution >= 4 is 5.78 Å². The van der Waals surface area contributed by atoms with Crippen molar-refractivity contribution in [3.63, 3.8) is 0 Å². The van der Waals surface area contributed by atoms with Crippen LogP contribution in [0.2, 0.25) is 0 Å². The number of ketones is 1. The SMILES string of the molecule is C=C(C)[C@H]1CC(=O)C(C)(C)[C@H](O)C1. The van der Waals surface area contributed by atoms with Crippen molar-refractivity contribution in [3.8, 4) is 0 Å². The van der Waals surface area contributed by atoms with Crippen LogP contribution in [0.1, 0.15) is 33.6 Å². The Bertz CT molecular complexity index is 240. The molecule has 0 aliphatic heterocycles. The number of carbonyl (C=O) groups excluding carboxylic acids is 1. The minimum absolute atomic E-state index is 0.152. The summed E-state index contributed by atoms with van der Waals surface area (Å²) < 4.78 is 0. The molecule has 1 rings (SSSR count). The van der Waals surface area contributed by atoms with Crippen LogP contribution in [0.5, 0.6) is 0 Å². The number of rotatable bonds is 1. The van der Waals surface area contributed by atoms with E-state index in [1.807, 2.05) is 20.8 Å². The molecule has 2 heteroatoms. The van der Waals surface area contributed by atoms with Gasteiger partial charge in [0.2, 0.25) is 0 Å². The minimum Gasteiger partial charge on any atom is -0.392 e. The van der Waals surface area contributed by atoms with Gasteiger partial charge in [-0.05, 0) is 19.3 Å². The van der Waals surface area contributed by atoms with Crippen molar-refractivity contribution in [1.82, 2.24) is 0 Å². The standard InChI is InChI=1S/C11H18O2/c1-7(2)8-5-9(12)11(3,4)10(13)6-8/h8-9,12H,1,5-6H2,2-4H3/t8-,9-/m1/s1. The minimum atomic E-state index is -0.564. The molecule has 1 aliphatic rings. The lowest BCUT2D eigenvalue weighted by atomic mass is 9.68. The Labute approximate surface area is 79.6 Å². The fourth-order valence-corrected chi connectivity index (χ4v) is 1.70. The van der Waals surface area contributed by atoms with Gasteiger partial charge in [0.15, 0.2) is 0 Å². The van der Waals surface area contributed by atoms with E-state index in [2.05, 4.69) is 6.58 Å². The maximum absolute atomic E-state index is 11.6. The van der Waals surface area contributed by atoms with Crippen LogP contribution in [-0.4, -0.2) is 17.0 Å². The zero-order valence-corrected chi connectivity index (χ0v) is 8.63. The first kappa shape index (κ1) is 10.5. The molecule has 2 nitrogen and oxygen atoms in total. The lowest BCUT2D eigenvalue weighted by molar-refractivity contribution is -0.138. The normalized spacial score (nSPS) is 33.1. The summed E-state index contributed by atoms with van der Waals surface area (Å²) in [5.41, 5.74) is 0.439.